The summed E-state index contributed by atoms with van der Waals surface area (Å²) in [5, 5.41) is 1.95. The van der Waals surface area contributed by atoms with Gasteiger partial charge in [0.15, 0.2) is 9.84 Å². The fraction of sp³-hybridized carbons (Fsp3) is 0.278. The van der Waals surface area contributed by atoms with E-state index in [1.54, 1.807) is 0 Å². The summed E-state index contributed by atoms with van der Waals surface area (Å²) in [5.74, 6) is -1.76. The van der Waals surface area contributed by atoms with Crippen LogP contribution in [0, 0.1) is 0 Å². The number of hydrogen-bond donors (Lipinski definition) is 0. The minimum Gasteiger partial charge on any atom is -0.265 e. The zero-order chi connectivity index (χ0) is 25.5. The number of carbonyl (C=O) groups is 1. The lowest BCUT2D eigenvalue weighted by molar-refractivity contribution is -0.139. The van der Waals surface area contributed by atoms with Crippen molar-refractivity contribution >= 4 is 27.1 Å². The summed E-state index contributed by atoms with van der Waals surface area (Å²) in [4.78, 5) is 22.3. The highest BCUT2D eigenvalue weighted by molar-refractivity contribution is 7.91. The molecular weight excluding hydrogens is 512 g/mol. The first-order chi connectivity index (χ1) is 15.6. The molecule has 3 heterocycles. The number of amides is 1. The number of pyridine rings is 2. The summed E-state index contributed by atoms with van der Waals surface area (Å²) in [6.07, 6.45) is -6.90. The van der Waals surface area contributed by atoms with Gasteiger partial charge in [0.1, 0.15) is 5.69 Å². The van der Waals surface area contributed by atoms with E-state index in [-0.39, 0.29) is 22.5 Å². The van der Waals surface area contributed by atoms with E-state index < -0.39 is 59.8 Å². The van der Waals surface area contributed by atoms with E-state index in [2.05, 4.69) is 20.1 Å². The molecule has 0 bridgehead atoms. The van der Waals surface area contributed by atoms with E-state index >= 15 is 0 Å². The Morgan fingerprint density at radius 2 is 1.71 bits per heavy atom. The second-order valence-electron chi connectivity index (χ2n) is 6.66. The molecule has 16 heteroatoms. The van der Waals surface area contributed by atoms with Gasteiger partial charge in [0.25, 0.3) is 5.91 Å². The fourth-order valence-corrected chi connectivity index (χ4v) is 4.42. The van der Waals surface area contributed by atoms with Gasteiger partial charge < -0.3 is 0 Å². The molecule has 3 rings (SSSR count). The Balaban J connectivity index is 2.15. The number of halogens is 6. The molecule has 0 unspecified atom stereocenters. The van der Waals surface area contributed by atoms with Crippen molar-refractivity contribution in [2.75, 3.05) is 5.75 Å². The zero-order valence-electron chi connectivity index (χ0n) is 17.1. The molecule has 8 nitrogen and oxygen atoms in total. The molecule has 0 aliphatic carbocycles. The monoisotopic (exact) mass is 525 g/mol. The number of hydrogen-bond acceptors (Lipinski definition) is 7. The molecule has 0 aliphatic heterocycles. The van der Waals surface area contributed by atoms with Crippen molar-refractivity contribution in [2.45, 2.75) is 24.2 Å². The highest BCUT2D eigenvalue weighted by Crippen LogP contribution is 2.32. The maximum Gasteiger partial charge on any atom is 0.445 e. The van der Waals surface area contributed by atoms with Crippen molar-refractivity contribution in [3.05, 3.63) is 51.8 Å². The van der Waals surface area contributed by atoms with E-state index in [0.29, 0.717) is 10.9 Å². The highest BCUT2D eigenvalue weighted by atomic mass is 32.2. The van der Waals surface area contributed by atoms with Gasteiger partial charge in [-0.05, 0) is 12.1 Å². The summed E-state index contributed by atoms with van der Waals surface area (Å²) < 4.78 is 103. The van der Waals surface area contributed by atoms with Crippen molar-refractivity contribution < 1.29 is 39.6 Å². The van der Waals surface area contributed by atoms with Gasteiger partial charge in [-0.25, -0.2) is 18.1 Å². The predicted molar refractivity (Wildman–Crippen MR) is 106 cm³/mol. The molecule has 3 aromatic heterocycles. The Morgan fingerprint density at radius 3 is 2.26 bits per heavy atom. The zero-order valence-corrected chi connectivity index (χ0v) is 18.8. The van der Waals surface area contributed by atoms with Crippen LogP contribution in [0.4, 0.5) is 26.3 Å². The van der Waals surface area contributed by atoms with Crippen LogP contribution >= 0.6 is 11.3 Å². The molecule has 34 heavy (non-hydrogen) atoms. The summed E-state index contributed by atoms with van der Waals surface area (Å²) in [6.45, 7) is 1.26. The number of sulfone groups is 1. The van der Waals surface area contributed by atoms with Crippen LogP contribution in [-0.2, 0) is 29.2 Å². The number of carbonyl (C=O) groups excluding carboxylic acids is 1. The summed E-state index contributed by atoms with van der Waals surface area (Å²) in [7, 11) is -3.04. The Morgan fingerprint density at radius 1 is 1.06 bits per heavy atom. The first kappa shape index (κ1) is 25.5. The topological polar surface area (TPSA) is 107 Å². The van der Waals surface area contributed by atoms with Crippen LogP contribution in [0.15, 0.2) is 40.6 Å². The van der Waals surface area contributed by atoms with E-state index in [4.69, 9.17) is 0 Å². The van der Waals surface area contributed by atoms with Crippen LogP contribution in [0.1, 0.15) is 28.0 Å². The Bertz CT molecular complexity index is 1420. The molecule has 0 saturated carbocycles. The lowest BCUT2D eigenvalue weighted by Gasteiger charge is -2.11. The Hall–Kier alpha value is -3.14. The van der Waals surface area contributed by atoms with E-state index in [9.17, 15) is 39.6 Å². The lowest BCUT2D eigenvalue weighted by Crippen LogP contribution is -2.18. The van der Waals surface area contributed by atoms with Crippen molar-refractivity contribution in [3.63, 3.8) is 0 Å². The summed E-state index contributed by atoms with van der Waals surface area (Å²) in [5.41, 5.74) is -1.98. The second kappa shape index (κ2) is 8.90. The minimum atomic E-state index is -4.78. The molecule has 0 saturated heterocycles. The fourth-order valence-electron chi connectivity index (χ4n) is 2.61. The molecule has 0 aliphatic rings. The number of nitrogens with zero attached hydrogens (tertiary/aromatic N) is 5. The number of rotatable bonds is 4. The molecule has 0 N–H and O–H groups in total. The van der Waals surface area contributed by atoms with Crippen LogP contribution in [0.3, 0.4) is 0 Å². The van der Waals surface area contributed by atoms with Gasteiger partial charge in [-0.15, -0.1) is 0 Å². The van der Waals surface area contributed by atoms with Crippen molar-refractivity contribution in [1.82, 2.24) is 19.7 Å². The van der Waals surface area contributed by atoms with Crippen LogP contribution in [0.5, 0.6) is 0 Å². The normalized spacial score (nSPS) is 13.4. The van der Waals surface area contributed by atoms with Crippen molar-refractivity contribution in [2.24, 2.45) is 12.0 Å². The van der Waals surface area contributed by atoms with Gasteiger partial charge in [-0.2, -0.15) is 36.4 Å². The van der Waals surface area contributed by atoms with Crippen molar-refractivity contribution in [3.8, 4) is 11.1 Å². The molecule has 1 amide bonds. The average molecular weight is 525 g/mol. The van der Waals surface area contributed by atoms with E-state index in [0.717, 1.165) is 31.6 Å². The standard InChI is InChI=1S/C18H13F6N5O3S2/c1-3-34(31,32)12-5-10(9-4-11(8-25-6-9)17(19,20)21)7-26-13(12)14(30)27-16-29(2)28-15(33-16)18(22,23)24/h4-8H,3H2,1-2H3. The molecular formula is C18H13F6N5O3S2. The van der Waals surface area contributed by atoms with Gasteiger partial charge in [0.05, 0.1) is 16.2 Å². The maximum absolute atomic E-state index is 13.0. The van der Waals surface area contributed by atoms with Gasteiger partial charge in [-0.3, -0.25) is 9.78 Å². The molecule has 0 aromatic carbocycles. The smallest absolute Gasteiger partial charge is 0.265 e. The van der Waals surface area contributed by atoms with Gasteiger partial charge >= 0.3 is 12.4 Å². The number of aromatic nitrogens is 4. The van der Waals surface area contributed by atoms with E-state index in [1.807, 2.05) is 0 Å². The molecule has 0 radical (unpaired) electrons. The first-order valence-corrected chi connectivity index (χ1v) is 11.6. The number of aryl methyl sites for hydroxylation is 1. The van der Waals surface area contributed by atoms with Crippen LogP contribution in [-0.4, -0.2) is 39.8 Å². The Kier molecular flexibility index (Phi) is 6.67. The predicted octanol–water partition coefficient (Wildman–Crippen LogP) is 3.51. The van der Waals surface area contributed by atoms with E-state index in [1.165, 1.54) is 6.92 Å². The van der Waals surface area contributed by atoms with Crippen LogP contribution in [0.25, 0.3) is 11.1 Å². The molecule has 3 aromatic rings. The largest absolute Gasteiger partial charge is 0.445 e. The molecule has 182 valence electrons. The molecule has 0 fully saturated rings. The van der Waals surface area contributed by atoms with Gasteiger partial charge in [0.2, 0.25) is 9.81 Å². The average Bonchev–Trinajstić information content (AvgIpc) is 3.13. The van der Waals surface area contributed by atoms with Gasteiger partial charge in [0, 0.05) is 36.8 Å². The summed E-state index contributed by atoms with van der Waals surface area (Å²) in [6, 6.07) is 1.67. The van der Waals surface area contributed by atoms with Gasteiger partial charge in [-0.1, -0.05) is 18.3 Å². The highest BCUT2D eigenvalue weighted by Gasteiger charge is 2.36. The number of alkyl halides is 6. The van der Waals surface area contributed by atoms with Crippen LogP contribution < -0.4 is 4.80 Å². The minimum absolute atomic E-state index is 0.0598. The second-order valence-corrected chi connectivity index (χ2v) is 9.86. The molecule has 0 spiro atoms. The third kappa shape index (κ3) is 5.32. The van der Waals surface area contributed by atoms with Crippen molar-refractivity contribution in [1.29, 1.82) is 0 Å². The van der Waals surface area contributed by atoms with Crippen LogP contribution in [0.2, 0.25) is 0 Å². The third-order valence-electron chi connectivity index (χ3n) is 4.31. The summed E-state index contributed by atoms with van der Waals surface area (Å²) >= 11 is 0.0598. The molecule has 0 atom stereocenters. The third-order valence-corrected chi connectivity index (χ3v) is 7.10. The Labute approximate surface area is 191 Å². The first-order valence-electron chi connectivity index (χ1n) is 9.09. The lowest BCUT2D eigenvalue weighted by atomic mass is 10.1. The SMILES string of the molecule is CCS(=O)(=O)c1cc(-c2cncc(C(F)(F)F)c2)cnc1C(=O)N=c1sc(C(F)(F)F)nn1C. The quantitative estimate of drug-likeness (QED) is 0.483. The maximum atomic E-state index is 13.0.